The number of ether oxygens (including phenoxy) is 1. The summed E-state index contributed by atoms with van der Waals surface area (Å²) in [6.07, 6.45) is 0.951. The molecule has 150 valence electrons. The van der Waals surface area contributed by atoms with Crippen molar-refractivity contribution in [2.24, 2.45) is 0 Å². The van der Waals surface area contributed by atoms with E-state index in [1.54, 1.807) is 19.1 Å². The first-order chi connectivity index (χ1) is 13.1. The summed E-state index contributed by atoms with van der Waals surface area (Å²) in [5.74, 6) is -1.80. The summed E-state index contributed by atoms with van der Waals surface area (Å²) in [5, 5.41) is 2.56. The van der Waals surface area contributed by atoms with E-state index in [1.165, 1.54) is 31.2 Å². The second-order valence-electron chi connectivity index (χ2n) is 5.97. The molecule has 7 nitrogen and oxygen atoms in total. The average molecular weight is 408 g/mol. The van der Waals surface area contributed by atoms with Gasteiger partial charge in [-0.15, -0.1) is 0 Å². The normalized spacial score (nSPS) is 12.1. The van der Waals surface area contributed by atoms with Crippen molar-refractivity contribution >= 4 is 33.3 Å². The molecule has 0 aliphatic carbocycles. The predicted octanol–water partition coefficient (Wildman–Crippen LogP) is 2.80. The summed E-state index contributed by atoms with van der Waals surface area (Å²) < 4.78 is 43.5. The molecule has 0 radical (unpaired) electrons. The highest BCUT2D eigenvalue weighted by molar-refractivity contribution is 7.92. The lowest BCUT2D eigenvalue weighted by Crippen LogP contribution is -2.45. The molecule has 28 heavy (non-hydrogen) atoms. The number of hydrogen-bond donors (Lipinski definition) is 1. The number of hydrogen-bond acceptors (Lipinski definition) is 5. The quantitative estimate of drug-likeness (QED) is 0.711. The van der Waals surface area contributed by atoms with E-state index in [0.717, 1.165) is 22.7 Å². The van der Waals surface area contributed by atoms with E-state index in [9.17, 15) is 22.4 Å². The van der Waals surface area contributed by atoms with Gasteiger partial charge in [-0.25, -0.2) is 17.6 Å². The molecule has 1 N–H and O–H groups in total. The minimum Gasteiger partial charge on any atom is -0.462 e. The van der Waals surface area contributed by atoms with Gasteiger partial charge >= 0.3 is 5.97 Å². The number of benzene rings is 2. The molecule has 0 unspecified atom stereocenters. The molecule has 0 aliphatic heterocycles. The van der Waals surface area contributed by atoms with Crippen LogP contribution in [0.3, 0.4) is 0 Å². The van der Waals surface area contributed by atoms with Crippen LogP contribution in [0.2, 0.25) is 0 Å². The van der Waals surface area contributed by atoms with Crippen LogP contribution in [-0.4, -0.2) is 39.2 Å². The van der Waals surface area contributed by atoms with Crippen LogP contribution in [0.1, 0.15) is 24.2 Å². The van der Waals surface area contributed by atoms with Crippen molar-refractivity contribution in [1.29, 1.82) is 0 Å². The highest BCUT2D eigenvalue weighted by Crippen LogP contribution is 2.23. The van der Waals surface area contributed by atoms with Gasteiger partial charge in [-0.1, -0.05) is 12.1 Å². The summed E-state index contributed by atoms with van der Waals surface area (Å²) >= 11 is 0. The second-order valence-corrected chi connectivity index (χ2v) is 7.83. The topological polar surface area (TPSA) is 92.8 Å². The van der Waals surface area contributed by atoms with E-state index in [1.807, 2.05) is 0 Å². The first kappa shape index (κ1) is 21.4. The van der Waals surface area contributed by atoms with Crippen LogP contribution in [0.4, 0.5) is 15.8 Å². The molecule has 0 saturated heterocycles. The van der Waals surface area contributed by atoms with Gasteiger partial charge in [0.25, 0.3) is 0 Å². The second kappa shape index (κ2) is 8.83. The van der Waals surface area contributed by atoms with Gasteiger partial charge in [0.15, 0.2) is 0 Å². The van der Waals surface area contributed by atoms with Crippen LogP contribution >= 0.6 is 0 Å². The Bertz CT molecular complexity index is 961. The van der Waals surface area contributed by atoms with Gasteiger partial charge < -0.3 is 10.1 Å². The first-order valence-electron chi connectivity index (χ1n) is 8.47. The lowest BCUT2D eigenvalue weighted by Gasteiger charge is -2.28. The van der Waals surface area contributed by atoms with Crippen LogP contribution in [0.25, 0.3) is 0 Å². The fourth-order valence-electron chi connectivity index (χ4n) is 2.61. The predicted molar refractivity (Wildman–Crippen MR) is 104 cm³/mol. The molecule has 2 aromatic carbocycles. The standard InChI is InChI=1S/C19H21FN2O5S/c1-4-27-19(24)16-7-5-6-8-17(16)21-18(23)13(2)22(28(3,25)26)15-11-9-14(20)10-12-15/h5-13H,4H2,1-3H3,(H,21,23)/t13-/m0/s1. The Morgan fingerprint density at radius 3 is 2.32 bits per heavy atom. The number of esters is 1. The van der Waals surface area contributed by atoms with Crippen molar-refractivity contribution in [2.45, 2.75) is 19.9 Å². The Morgan fingerprint density at radius 1 is 1.14 bits per heavy atom. The van der Waals surface area contributed by atoms with E-state index >= 15 is 0 Å². The number of nitrogens with one attached hydrogen (secondary N) is 1. The summed E-state index contributed by atoms with van der Waals surface area (Å²) in [7, 11) is -3.84. The number of carbonyl (C=O) groups excluding carboxylic acids is 2. The van der Waals surface area contributed by atoms with E-state index in [4.69, 9.17) is 4.74 Å². The molecule has 0 bridgehead atoms. The molecule has 0 aromatic heterocycles. The van der Waals surface area contributed by atoms with Crippen LogP contribution in [-0.2, 0) is 19.6 Å². The maximum absolute atomic E-state index is 13.2. The highest BCUT2D eigenvalue weighted by atomic mass is 32.2. The number of sulfonamides is 1. The summed E-state index contributed by atoms with van der Waals surface area (Å²) in [6.45, 7) is 3.23. The fourth-order valence-corrected chi connectivity index (χ4v) is 3.79. The van der Waals surface area contributed by atoms with Gasteiger partial charge in [0.05, 0.1) is 29.8 Å². The molecule has 2 aromatic rings. The van der Waals surface area contributed by atoms with E-state index in [0.29, 0.717) is 0 Å². The Labute approximate surface area is 163 Å². The van der Waals surface area contributed by atoms with Crippen molar-refractivity contribution in [3.63, 3.8) is 0 Å². The van der Waals surface area contributed by atoms with Gasteiger partial charge in [0.2, 0.25) is 15.9 Å². The van der Waals surface area contributed by atoms with E-state index in [-0.39, 0.29) is 23.5 Å². The van der Waals surface area contributed by atoms with Gasteiger partial charge in [0, 0.05) is 0 Å². The van der Waals surface area contributed by atoms with Gasteiger partial charge in [0.1, 0.15) is 11.9 Å². The molecule has 0 heterocycles. The average Bonchev–Trinajstić information content (AvgIpc) is 2.63. The number of halogens is 1. The summed E-state index contributed by atoms with van der Waals surface area (Å²) in [4.78, 5) is 24.8. The van der Waals surface area contributed by atoms with Gasteiger partial charge in [-0.05, 0) is 50.2 Å². The summed E-state index contributed by atoms with van der Waals surface area (Å²) in [5.41, 5.74) is 0.494. The van der Waals surface area contributed by atoms with Crippen molar-refractivity contribution < 1.29 is 27.1 Å². The zero-order valence-corrected chi connectivity index (χ0v) is 16.5. The third kappa shape index (κ3) is 5.07. The highest BCUT2D eigenvalue weighted by Gasteiger charge is 2.30. The third-order valence-electron chi connectivity index (χ3n) is 3.85. The minimum absolute atomic E-state index is 0.144. The molecule has 9 heteroatoms. The molecule has 1 atom stereocenters. The molecule has 0 fully saturated rings. The lowest BCUT2D eigenvalue weighted by molar-refractivity contribution is -0.116. The lowest BCUT2D eigenvalue weighted by atomic mass is 10.1. The van der Waals surface area contributed by atoms with Gasteiger partial charge in [-0.3, -0.25) is 9.10 Å². The molecular formula is C19H21FN2O5S. The molecule has 1 amide bonds. The van der Waals surface area contributed by atoms with Crippen LogP contribution in [0.5, 0.6) is 0 Å². The SMILES string of the molecule is CCOC(=O)c1ccccc1NC(=O)[C@H](C)N(c1ccc(F)cc1)S(C)(=O)=O. The monoisotopic (exact) mass is 408 g/mol. The molecular weight excluding hydrogens is 387 g/mol. The fraction of sp³-hybridized carbons (Fsp3) is 0.263. The molecule has 0 spiro atoms. The number of nitrogens with zero attached hydrogens (tertiary/aromatic N) is 1. The number of rotatable bonds is 7. The Morgan fingerprint density at radius 2 is 1.75 bits per heavy atom. The number of anilines is 2. The third-order valence-corrected chi connectivity index (χ3v) is 5.09. The maximum Gasteiger partial charge on any atom is 0.340 e. The molecule has 0 saturated carbocycles. The van der Waals surface area contributed by atoms with Crippen LogP contribution in [0.15, 0.2) is 48.5 Å². The summed E-state index contributed by atoms with van der Waals surface area (Å²) in [6, 6.07) is 9.84. The Balaban J connectivity index is 2.32. The van der Waals surface area contributed by atoms with Crippen LogP contribution in [0, 0.1) is 5.82 Å². The number of carbonyl (C=O) groups is 2. The zero-order valence-electron chi connectivity index (χ0n) is 15.7. The maximum atomic E-state index is 13.2. The first-order valence-corrected chi connectivity index (χ1v) is 10.3. The van der Waals surface area contributed by atoms with Crippen molar-refractivity contribution in [3.05, 3.63) is 59.9 Å². The van der Waals surface area contributed by atoms with Crippen LogP contribution < -0.4 is 9.62 Å². The van der Waals surface area contributed by atoms with Crippen molar-refractivity contribution in [3.8, 4) is 0 Å². The molecule has 0 aliphatic rings. The van der Waals surface area contributed by atoms with Crippen molar-refractivity contribution in [2.75, 3.05) is 22.5 Å². The Kier molecular flexibility index (Phi) is 6.74. The van der Waals surface area contributed by atoms with E-state index < -0.39 is 33.8 Å². The smallest absolute Gasteiger partial charge is 0.340 e. The minimum atomic E-state index is -3.84. The number of para-hydroxylation sites is 1. The van der Waals surface area contributed by atoms with Crippen molar-refractivity contribution in [1.82, 2.24) is 0 Å². The number of amides is 1. The molecule has 2 rings (SSSR count). The van der Waals surface area contributed by atoms with Gasteiger partial charge in [-0.2, -0.15) is 0 Å². The largest absolute Gasteiger partial charge is 0.462 e. The van der Waals surface area contributed by atoms with E-state index in [2.05, 4.69) is 5.32 Å². The Hall–Kier alpha value is -2.94. The zero-order chi connectivity index (χ0) is 20.9.